The number of hydrogen-bond donors (Lipinski definition) is 1. The van der Waals surface area contributed by atoms with Crippen molar-refractivity contribution in [3.05, 3.63) is 18.5 Å². The van der Waals surface area contributed by atoms with Crippen molar-refractivity contribution in [3.63, 3.8) is 0 Å². The zero-order valence-electron chi connectivity index (χ0n) is 13.2. The summed E-state index contributed by atoms with van der Waals surface area (Å²) >= 11 is 0. The van der Waals surface area contributed by atoms with Crippen molar-refractivity contribution in [1.82, 2.24) is 15.3 Å². The van der Waals surface area contributed by atoms with Crippen LogP contribution in [0.4, 0.5) is 5.95 Å². The number of hydrogen-bond acceptors (Lipinski definition) is 4. The summed E-state index contributed by atoms with van der Waals surface area (Å²) in [5, 5.41) is 3.96. The number of piperidine rings is 1. The lowest BCUT2D eigenvalue weighted by Gasteiger charge is -2.39. The Morgan fingerprint density at radius 1 is 1.14 bits per heavy atom. The number of aromatic nitrogens is 2. The molecule has 4 heteroatoms. The number of nitrogens with one attached hydrogen (secondary N) is 1. The van der Waals surface area contributed by atoms with Gasteiger partial charge in [0, 0.05) is 37.6 Å². The first-order valence-corrected chi connectivity index (χ1v) is 8.65. The SMILES string of the molecule is CCC1CCCCC1NC1CCCN(c2ncccn2)C1. The summed E-state index contributed by atoms with van der Waals surface area (Å²) in [6.07, 6.45) is 13.1. The van der Waals surface area contributed by atoms with E-state index in [9.17, 15) is 0 Å². The van der Waals surface area contributed by atoms with Gasteiger partial charge in [-0.2, -0.15) is 0 Å². The minimum Gasteiger partial charge on any atom is -0.339 e. The van der Waals surface area contributed by atoms with Gasteiger partial charge in [-0.25, -0.2) is 9.97 Å². The highest BCUT2D eigenvalue weighted by atomic mass is 15.3. The molecule has 0 spiro atoms. The third-order valence-corrected chi connectivity index (χ3v) is 5.14. The lowest BCUT2D eigenvalue weighted by molar-refractivity contribution is 0.227. The molecule has 116 valence electrons. The first-order valence-electron chi connectivity index (χ1n) is 8.65. The predicted octanol–water partition coefficient (Wildman–Crippen LogP) is 3.00. The molecular weight excluding hydrogens is 260 g/mol. The van der Waals surface area contributed by atoms with Gasteiger partial charge in [-0.05, 0) is 37.7 Å². The molecule has 0 amide bonds. The molecule has 0 radical (unpaired) electrons. The minimum absolute atomic E-state index is 0.597. The van der Waals surface area contributed by atoms with Crippen molar-refractivity contribution in [2.75, 3.05) is 18.0 Å². The molecule has 1 aromatic heterocycles. The van der Waals surface area contributed by atoms with E-state index in [0.29, 0.717) is 6.04 Å². The molecule has 1 aliphatic carbocycles. The van der Waals surface area contributed by atoms with Crippen molar-refractivity contribution in [1.29, 1.82) is 0 Å². The number of anilines is 1. The molecular formula is C17H28N4. The Bertz CT molecular complexity index is 422. The van der Waals surface area contributed by atoms with Gasteiger partial charge in [0.1, 0.15) is 0 Å². The molecule has 1 aliphatic heterocycles. The van der Waals surface area contributed by atoms with E-state index < -0.39 is 0 Å². The van der Waals surface area contributed by atoms with Crippen LogP contribution in [0.15, 0.2) is 18.5 Å². The van der Waals surface area contributed by atoms with E-state index in [1.807, 2.05) is 18.5 Å². The summed E-state index contributed by atoms with van der Waals surface area (Å²) in [6.45, 7) is 4.48. The van der Waals surface area contributed by atoms with Crippen LogP contribution in [0.25, 0.3) is 0 Å². The van der Waals surface area contributed by atoms with E-state index >= 15 is 0 Å². The Balaban J connectivity index is 1.58. The maximum atomic E-state index is 4.40. The van der Waals surface area contributed by atoms with Crippen LogP contribution in [0.2, 0.25) is 0 Å². The smallest absolute Gasteiger partial charge is 0.225 e. The molecule has 0 bridgehead atoms. The number of rotatable bonds is 4. The quantitative estimate of drug-likeness (QED) is 0.924. The highest BCUT2D eigenvalue weighted by Gasteiger charge is 2.28. The summed E-state index contributed by atoms with van der Waals surface area (Å²) in [7, 11) is 0. The largest absolute Gasteiger partial charge is 0.339 e. The maximum absolute atomic E-state index is 4.40. The molecule has 4 nitrogen and oxygen atoms in total. The molecule has 3 unspecified atom stereocenters. The highest BCUT2D eigenvalue weighted by molar-refractivity contribution is 5.29. The van der Waals surface area contributed by atoms with Crippen LogP contribution in [0.5, 0.6) is 0 Å². The topological polar surface area (TPSA) is 41.0 Å². The Morgan fingerprint density at radius 2 is 1.95 bits per heavy atom. The molecule has 21 heavy (non-hydrogen) atoms. The lowest BCUT2D eigenvalue weighted by Crippen LogP contribution is -2.52. The van der Waals surface area contributed by atoms with E-state index in [4.69, 9.17) is 0 Å². The predicted molar refractivity (Wildman–Crippen MR) is 86.4 cm³/mol. The summed E-state index contributed by atoms with van der Waals surface area (Å²) in [6, 6.07) is 3.21. The fourth-order valence-corrected chi connectivity index (χ4v) is 3.97. The van der Waals surface area contributed by atoms with Gasteiger partial charge in [-0.1, -0.05) is 26.2 Å². The maximum Gasteiger partial charge on any atom is 0.225 e. The van der Waals surface area contributed by atoms with Gasteiger partial charge in [0.15, 0.2) is 0 Å². The van der Waals surface area contributed by atoms with Crippen LogP contribution in [0.3, 0.4) is 0 Å². The Morgan fingerprint density at radius 3 is 2.76 bits per heavy atom. The van der Waals surface area contributed by atoms with E-state index in [-0.39, 0.29) is 0 Å². The molecule has 2 heterocycles. The van der Waals surface area contributed by atoms with E-state index in [0.717, 1.165) is 31.0 Å². The molecule has 1 saturated heterocycles. The Hall–Kier alpha value is -1.16. The lowest BCUT2D eigenvalue weighted by atomic mass is 9.82. The van der Waals surface area contributed by atoms with Gasteiger partial charge in [-0.15, -0.1) is 0 Å². The second-order valence-electron chi connectivity index (χ2n) is 6.56. The van der Waals surface area contributed by atoms with Gasteiger partial charge >= 0.3 is 0 Å². The fourth-order valence-electron chi connectivity index (χ4n) is 3.97. The normalized spacial score (nSPS) is 30.3. The zero-order valence-corrected chi connectivity index (χ0v) is 13.2. The highest BCUT2D eigenvalue weighted by Crippen LogP contribution is 2.28. The van der Waals surface area contributed by atoms with E-state index in [2.05, 4.69) is 27.1 Å². The van der Waals surface area contributed by atoms with Gasteiger partial charge in [0.05, 0.1) is 0 Å². The molecule has 1 aromatic rings. The van der Waals surface area contributed by atoms with Gasteiger partial charge in [0.2, 0.25) is 5.95 Å². The summed E-state index contributed by atoms with van der Waals surface area (Å²) in [5.74, 6) is 1.77. The Labute approximate surface area is 128 Å². The second kappa shape index (κ2) is 7.21. The average molecular weight is 288 g/mol. The van der Waals surface area contributed by atoms with E-state index in [1.165, 1.54) is 44.9 Å². The van der Waals surface area contributed by atoms with Crippen molar-refractivity contribution in [2.24, 2.45) is 5.92 Å². The first kappa shape index (κ1) is 14.8. The van der Waals surface area contributed by atoms with Crippen LogP contribution in [-0.4, -0.2) is 35.1 Å². The second-order valence-corrected chi connectivity index (χ2v) is 6.56. The molecule has 3 rings (SSSR count). The zero-order chi connectivity index (χ0) is 14.5. The summed E-state index contributed by atoms with van der Waals surface area (Å²) < 4.78 is 0. The average Bonchev–Trinajstić information content (AvgIpc) is 2.56. The van der Waals surface area contributed by atoms with Crippen LogP contribution in [-0.2, 0) is 0 Å². The van der Waals surface area contributed by atoms with Gasteiger partial charge in [0.25, 0.3) is 0 Å². The monoisotopic (exact) mass is 288 g/mol. The van der Waals surface area contributed by atoms with Crippen LogP contribution in [0.1, 0.15) is 51.9 Å². The van der Waals surface area contributed by atoms with Crippen molar-refractivity contribution in [3.8, 4) is 0 Å². The standard InChI is InChI=1S/C17H28N4/c1-2-14-7-3-4-9-16(14)20-15-8-5-12-21(13-15)17-18-10-6-11-19-17/h6,10-11,14-16,20H,2-5,7-9,12-13H2,1H3. The number of nitrogens with zero attached hydrogens (tertiary/aromatic N) is 3. The van der Waals surface area contributed by atoms with Gasteiger partial charge in [-0.3, -0.25) is 0 Å². The molecule has 0 aromatic carbocycles. The molecule has 1 N–H and O–H groups in total. The van der Waals surface area contributed by atoms with Crippen LogP contribution in [0, 0.1) is 5.92 Å². The molecule has 2 fully saturated rings. The minimum atomic E-state index is 0.597. The third kappa shape index (κ3) is 3.73. The molecule has 2 aliphatic rings. The Kier molecular flexibility index (Phi) is 5.07. The van der Waals surface area contributed by atoms with Gasteiger partial charge < -0.3 is 10.2 Å². The summed E-state index contributed by atoms with van der Waals surface area (Å²) in [5.41, 5.74) is 0. The molecule has 3 atom stereocenters. The van der Waals surface area contributed by atoms with Crippen molar-refractivity contribution < 1.29 is 0 Å². The third-order valence-electron chi connectivity index (χ3n) is 5.14. The van der Waals surface area contributed by atoms with Crippen LogP contribution < -0.4 is 10.2 Å². The van der Waals surface area contributed by atoms with Crippen LogP contribution >= 0.6 is 0 Å². The van der Waals surface area contributed by atoms with Crippen molar-refractivity contribution >= 4 is 5.95 Å². The van der Waals surface area contributed by atoms with Crippen molar-refractivity contribution in [2.45, 2.75) is 64.0 Å². The first-order chi connectivity index (χ1) is 10.4. The fraction of sp³-hybridized carbons (Fsp3) is 0.765. The van der Waals surface area contributed by atoms with E-state index in [1.54, 1.807) is 0 Å². The molecule has 1 saturated carbocycles. The summed E-state index contributed by atoms with van der Waals surface area (Å²) in [4.78, 5) is 11.1.